The van der Waals surface area contributed by atoms with Crippen molar-refractivity contribution in [3.8, 4) is 0 Å². The zero-order valence-electron chi connectivity index (χ0n) is 15.2. The molecular weight excluding hydrogens is 328 g/mol. The number of rotatable bonds is 4. The third-order valence-electron chi connectivity index (χ3n) is 5.08. The van der Waals surface area contributed by atoms with Gasteiger partial charge in [-0.1, -0.05) is 18.2 Å². The molecule has 0 bridgehead atoms. The first-order valence-electron chi connectivity index (χ1n) is 9.13. The quantitative estimate of drug-likeness (QED) is 0.782. The van der Waals surface area contributed by atoms with E-state index in [1.54, 1.807) is 24.0 Å². The van der Waals surface area contributed by atoms with E-state index >= 15 is 0 Å². The summed E-state index contributed by atoms with van der Waals surface area (Å²) < 4.78 is 7.56. The predicted octanol–water partition coefficient (Wildman–Crippen LogP) is 2.85. The lowest BCUT2D eigenvalue weighted by molar-refractivity contribution is 0.357. The van der Waals surface area contributed by atoms with Crippen LogP contribution in [0.5, 0.6) is 0 Å². The summed E-state index contributed by atoms with van der Waals surface area (Å²) in [5.74, 6) is 1.48. The van der Waals surface area contributed by atoms with Crippen molar-refractivity contribution < 1.29 is 4.42 Å². The molecule has 2 aromatic heterocycles. The van der Waals surface area contributed by atoms with Crippen molar-refractivity contribution in [2.24, 2.45) is 7.05 Å². The van der Waals surface area contributed by atoms with Crippen LogP contribution in [0.3, 0.4) is 0 Å². The fraction of sp³-hybridized carbons (Fsp3) is 0.400. The van der Waals surface area contributed by atoms with E-state index in [2.05, 4.69) is 34.3 Å². The molecule has 0 unspecified atom stereocenters. The Morgan fingerprint density at radius 3 is 3.04 bits per heavy atom. The predicted molar refractivity (Wildman–Crippen MR) is 102 cm³/mol. The van der Waals surface area contributed by atoms with Gasteiger partial charge >= 0.3 is 0 Å². The van der Waals surface area contributed by atoms with Gasteiger partial charge in [0.05, 0.1) is 6.04 Å². The Labute approximate surface area is 152 Å². The second-order valence-electron chi connectivity index (χ2n) is 7.03. The number of nitrogens with zero attached hydrogens (tertiary/aromatic N) is 3. The van der Waals surface area contributed by atoms with Crippen molar-refractivity contribution >= 4 is 16.8 Å². The van der Waals surface area contributed by atoms with Gasteiger partial charge in [0.2, 0.25) is 0 Å². The highest BCUT2D eigenvalue weighted by Crippen LogP contribution is 2.25. The number of para-hydroxylation sites is 1. The molecule has 0 aliphatic carbocycles. The summed E-state index contributed by atoms with van der Waals surface area (Å²) in [6.07, 6.45) is 5.48. The molecule has 3 heterocycles. The summed E-state index contributed by atoms with van der Waals surface area (Å²) in [7, 11) is 1.76. The first-order valence-corrected chi connectivity index (χ1v) is 9.13. The van der Waals surface area contributed by atoms with Crippen LogP contribution in [0.25, 0.3) is 11.0 Å². The largest absolute Gasteiger partial charge is 0.459 e. The van der Waals surface area contributed by atoms with Crippen molar-refractivity contribution in [3.05, 3.63) is 58.8 Å². The highest BCUT2D eigenvalue weighted by Gasteiger charge is 2.25. The standard InChI is InChI=1S/C20H24N4O2/c1-14(18-12-15-6-3-4-8-17(15)26-18)22-16-7-5-10-24(13-16)19-20(25)23(2)11-9-21-19/h3-4,6,8-9,11-12,14,16,22H,5,7,10,13H2,1-2H3/t14-,16-/m1/s1. The molecule has 1 aliphatic heterocycles. The van der Waals surface area contributed by atoms with Crippen LogP contribution in [0.15, 0.2) is 51.9 Å². The zero-order chi connectivity index (χ0) is 18.1. The molecule has 1 N–H and O–H groups in total. The lowest BCUT2D eigenvalue weighted by Gasteiger charge is -2.34. The molecule has 0 spiro atoms. The normalized spacial score (nSPS) is 19.0. The molecule has 3 aromatic rings. The molecule has 0 saturated carbocycles. The average Bonchev–Trinajstić information content (AvgIpc) is 3.09. The number of furan rings is 1. The molecule has 6 nitrogen and oxygen atoms in total. The van der Waals surface area contributed by atoms with Gasteiger partial charge in [0.25, 0.3) is 5.56 Å². The minimum Gasteiger partial charge on any atom is -0.459 e. The van der Waals surface area contributed by atoms with E-state index < -0.39 is 0 Å². The van der Waals surface area contributed by atoms with E-state index in [1.807, 2.05) is 18.2 Å². The number of piperidine rings is 1. The van der Waals surface area contributed by atoms with E-state index in [0.29, 0.717) is 11.9 Å². The van der Waals surface area contributed by atoms with Crippen LogP contribution < -0.4 is 15.8 Å². The molecule has 6 heteroatoms. The lowest BCUT2D eigenvalue weighted by atomic mass is 10.0. The highest BCUT2D eigenvalue weighted by atomic mass is 16.3. The fourth-order valence-corrected chi connectivity index (χ4v) is 3.66. The number of benzene rings is 1. The lowest BCUT2D eigenvalue weighted by Crippen LogP contribution is -2.48. The van der Waals surface area contributed by atoms with Gasteiger partial charge in [-0.3, -0.25) is 4.79 Å². The third-order valence-corrected chi connectivity index (χ3v) is 5.08. The van der Waals surface area contributed by atoms with Gasteiger partial charge in [-0.05, 0) is 31.9 Å². The molecule has 136 valence electrons. The van der Waals surface area contributed by atoms with Gasteiger partial charge in [-0.2, -0.15) is 0 Å². The van der Waals surface area contributed by atoms with Crippen molar-refractivity contribution in [2.45, 2.75) is 31.8 Å². The van der Waals surface area contributed by atoms with Crippen molar-refractivity contribution in [2.75, 3.05) is 18.0 Å². The van der Waals surface area contributed by atoms with Gasteiger partial charge in [0.1, 0.15) is 11.3 Å². The van der Waals surface area contributed by atoms with E-state index in [-0.39, 0.29) is 11.6 Å². The molecule has 2 atom stereocenters. The average molecular weight is 352 g/mol. The maximum atomic E-state index is 12.3. The summed E-state index contributed by atoms with van der Waals surface area (Å²) >= 11 is 0. The highest BCUT2D eigenvalue weighted by molar-refractivity contribution is 5.77. The molecule has 1 aliphatic rings. The van der Waals surface area contributed by atoms with Crippen LogP contribution in [0.1, 0.15) is 31.6 Å². The number of hydrogen-bond acceptors (Lipinski definition) is 5. The molecule has 0 amide bonds. The van der Waals surface area contributed by atoms with Crippen LogP contribution in [0.4, 0.5) is 5.82 Å². The van der Waals surface area contributed by atoms with E-state index in [1.165, 1.54) is 0 Å². The topological polar surface area (TPSA) is 63.3 Å². The minimum atomic E-state index is -0.0431. The van der Waals surface area contributed by atoms with Crippen LogP contribution in [-0.2, 0) is 7.05 Å². The third kappa shape index (κ3) is 3.24. The van der Waals surface area contributed by atoms with Crippen LogP contribution in [0.2, 0.25) is 0 Å². The van der Waals surface area contributed by atoms with Crippen molar-refractivity contribution in [1.29, 1.82) is 0 Å². The Balaban J connectivity index is 1.47. The summed E-state index contributed by atoms with van der Waals surface area (Å²) in [6, 6.07) is 10.6. The zero-order valence-corrected chi connectivity index (χ0v) is 15.2. The number of fused-ring (bicyclic) bond motifs is 1. The summed E-state index contributed by atoms with van der Waals surface area (Å²) in [4.78, 5) is 18.7. The Morgan fingerprint density at radius 2 is 2.19 bits per heavy atom. The first-order chi connectivity index (χ1) is 12.6. The van der Waals surface area contributed by atoms with E-state index in [0.717, 1.165) is 42.7 Å². The summed E-state index contributed by atoms with van der Waals surface area (Å²) in [5.41, 5.74) is 0.872. The second-order valence-corrected chi connectivity index (χ2v) is 7.03. The van der Waals surface area contributed by atoms with E-state index in [9.17, 15) is 4.79 Å². The van der Waals surface area contributed by atoms with Crippen LogP contribution >= 0.6 is 0 Å². The van der Waals surface area contributed by atoms with Gasteiger partial charge < -0.3 is 19.2 Å². The maximum Gasteiger partial charge on any atom is 0.293 e. The number of nitrogens with one attached hydrogen (secondary N) is 1. The number of aromatic nitrogens is 2. The molecule has 26 heavy (non-hydrogen) atoms. The number of hydrogen-bond donors (Lipinski definition) is 1. The Bertz CT molecular complexity index is 929. The fourth-order valence-electron chi connectivity index (χ4n) is 3.66. The maximum absolute atomic E-state index is 12.3. The van der Waals surface area contributed by atoms with Gasteiger partial charge in [-0.25, -0.2) is 4.98 Å². The van der Waals surface area contributed by atoms with Gasteiger partial charge in [0, 0.05) is 44.0 Å². The van der Waals surface area contributed by atoms with Crippen molar-refractivity contribution in [3.63, 3.8) is 0 Å². The molecule has 1 saturated heterocycles. The molecule has 4 rings (SSSR count). The van der Waals surface area contributed by atoms with Gasteiger partial charge in [0.15, 0.2) is 5.82 Å². The number of anilines is 1. The molecular formula is C20H24N4O2. The SMILES string of the molecule is C[C@@H](N[C@@H]1CCCN(c2nccn(C)c2=O)C1)c1cc2ccccc2o1. The summed E-state index contributed by atoms with van der Waals surface area (Å²) in [6.45, 7) is 3.76. The van der Waals surface area contributed by atoms with Gasteiger partial charge in [-0.15, -0.1) is 0 Å². The first kappa shape index (κ1) is 16.8. The smallest absolute Gasteiger partial charge is 0.293 e. The second kappa shape index (κ2) is 6.96. The number of aryl methyl sites for hydroxylation is 1. The van der Waals surface area contributed by atoms with Crippen LogP contribution in [0, 0.1) is 0 Å². The monoisotopic (exact) mass is 352 g/mol. The van der Waals surface area contributed by atoms with E-state index in [4.69, 9.17) is 4.42 Å². The van der Waals surface area contributed by atoms with Crippen LogP contribution in [-0.4, -0.2) is 28.7 Å². The summed E-state index contributed by atoms with van der Waals surface area (Å²) in [5, 5.41) is 4.78. The Kier molecular flexibility index (Phi) is 4.51. The molecule has 1 fully saturated rings. The molecule has 1 aromatic carbocycles. The molecule has 0 radical (unpaired) electrons. The minimum absolute atomic E-state index is 0.0431. The van der Waals surface area contributed by atoms with Crippen molar-refractivity contribution in [1.82, 2.24) is 14.9 Å². The Hall–Kier alpha value is -2.60. The Morgan fingerprint density at radius 1 is 1.35 bits per heavy atom.